The zero-order chi connectivity index (χ0) is 18.4. The zero-order valence-corrected chi connectivity index (χ0v) is 15.9. The van der Waals surface area contributed by atoms with Gasteiger partial charge in [0.05, 0.1) is 6.54 Å². The predicted molar refractivity (Wildman–Crippen MR) is 105 cm³/mol. The number of halogens is 1. The van der Waals surface area contributed by atoms with Crippen molar-refractivity contribution in [2.45, 2.75) is 20.4 Å². The molecule has 4 rings (SSSR count). The number of hydrogen-bond donors (Lipinski definition) is 1. The number of carboxylic acid groups (broad SMARTS) is 1. The molecule has 2 heterocycles. The molecule has 0 aliphatic carbocycles. The third-order valence-electron chi connectivity index (χ3n) is 4.58. The average molecular weight is 410 g/mol. The number of aromatic nitrogens is 3. The lowest BCUT2D eigenvalue weighted by Gasteiger charge is -2.11. The van der Waals surface area contributed by atoms with Gasteiger partial charge < -0.3 is 9.67 Å². The Labute approximate surface area is 158 Å². The Hall–Kier alpha value is -2.73. The first-order chi connectivity index (χ1) is 12.5. The lowest BCUT2D eigenvalue weighted by atomic mass is 10.1. The van der Waals surface area contributed by atoms with Gasteiger partial charge >= 0.3 is 5.97 Å². The van der Waals surface area contributed by atoms with Crippen molar-refractivity contribution >= 4 is 43.8 Å². The van der Waals surface area contributed by atoms with Gasteiger partial charge in [0.15, 0.2) is 11.3 Å². The molecule has 0 saturated carbocycles. The lowest BCUT2D eigenvalue weighted by Crippen LogP contribution is -2.07. The van der Waals surface area contributed by atoms with Gasteiger partial charge in [0, 0.05) is 4.47 Å². The predicted octanol–water partition coefficient (Wildman–Crippen LogP) is 4.71. The maximum atomic E-state index is 11.4. The van der Waals surface area contributed by atoms with Crippen LogP contribution >= 0.6 is 15.9 Å². The Morgan fingerprint density at radius 1 is 1.15 bits per heavy atom. The fourth-order valence-electron chi connectivity index (χ4n) is 3.22. The monoisotopic (exact) mass is 409 g/mol. The summed E-state index contributed by atoms with van der Waals surface area (Å²) in [5, 5.41) is 11.6. The molecule has 0 unspecified atom stereocenters. The highest BCUT2D eigenvalue weighted by Crippen LogP contribution is 2.29. The number of benzene rings is 2. The molecular weight excluding hydrogens is 394 g/mol. The van der Waals surface area contributed by atoms with Crippen LogP contribution in [0.4, 0.5) is 0 Å². The minimum Gasteiger partial charge on any atom is -0.477 e. The van der Waals surface area contributed by atoms with E-state index in [1.807, 2.05) is 30.5 Å². The first-order valence-electron chi connectivity index (χ1n) is 8.19. The molecule has 4 aromatic rings. The molecule has 0 amide bonds. The molecule has 6 heteroatoms. The number of carbonyl (C=O) groups is 1. The van der Waals surface area contributed by atoms with Gasteiger partial charge in [-0.1, -0.05) is 36.4 Å². The molecule has 2 aromatic heterocycles. The van der Waals surface area contributed by atoms with Crippen LogP contribution in [0.3, 0.4) is 0 Å². The molecule has 0 aliphatic heterocycles. The SMILES string of the molecule is Cc1cc(C(=O)O)nc2c1nc(C)n2Cc1ccc2ccccc2c1Br. The van der Waals surface area contributed by atoms with Gasteiger partial charge in [-0.3, -0.25) is 0 Å². The topological polar surface area (TPSA) is 68.0 Å². The Morgan fingerprint density at radius 3 is 2.69 bits per heavy atom. The van der Waals surface area contributed by atoms with Gasteiger partial charge in [-0.15, -0.1) is 0 Å². The highest BCUT2D eigenvalue weighted by Gasteiger charge is 2.16. The van der Waals surface area contributed by atoms with Crippen molar-refractivity contribution < 1.29 is 9.90 Å². The van der Waals surface area contributed by atoms with Gasteiger partial charge in [-0.05, 0) is 57.7 Å². The molecule has 0 bridgehead atoms. The molecule has 0 saturated heterocycles. The quantitative estimate of drug-likeness (QED) is 0.531. The van der Waals surface area contributed by atoms with E-state index >= 15 is 0 Å². The second kappa shape index (κ2) is 6.21. The average Bonchev–Trinajstić information content (AvgIpc) is 2.94. The standard InChI is InChI=1S/C20H16BrN3O2/c1-11-9-16(20(25)26)23-19-18(11)22-12(2)24(19)10-14-8-7-13-5-3-4-6-15(13)17(14)21/h3-9H,10H2,1-2H3,(H,25,26). The Kier molecular flexibility index (Phi) is 4.00. The minimum atomic E-state index is -1.03. The zero-order valence-electron chi connectivity index (χ0n) is 14.3. The van der Waals surface area contributed by atoms with E-state index in [9.17, 15) is 9.90 Å². The number of imidazole rings is 1. The highest BCUT2D eigenvalue weighted by molar-refractivity contribution is 9.10. The third-order valence-corrected chi connectivity index (χ3v) is 5.51. The van der Waals surface area contributed by atoms with Gasteiger partial charge in [0.2, 0.25) is 0 Å². The summed E-state index contributed by atoms with van der Waals surface area (Å²) in [5.41, 5.74) is 3.27. The molecule has 0 fully saturated rings. The number of nitrogens with zero attached hydrogens (tertiary/aromatic N) is 3. The van der Waals surface area contributed by atoms with Crippen molar-refractivity contribution in [2.24, 2.45) is 0 Å². The Morgan fingerprint density at radius 2 is 1.92 bits per heavy atom. The maximum Gasteiger partial charge on any atom is 0.354 e. The van der Waals surface area contributed by atoms with Crippen LogP contribution in [0.15, 0.2) is 46.9 Å². The van der Waals surface area contributed by atoms with Crippen LogP contribution in [-0.4, -0.2) is 25.6 Å². The molecule has 2 aromatic carbocycles. The fourth-order valence-corrected chi connectivity index (χ4v) is 3.84. The third kappa shape index (κ3) is 2.66. The van der Waals surface area contributed by atoms with Crippen molar-refractivity contribution in [3.8, 4) is 0 Å². The van der Waals surface area contributed by atoms with Crippen LogP contribution in [0.25, 0.3) is 21.9 Å². The molecular formula is C20H16BrN3O2. The maximum absolute atomic E-state index is 11.4. The second-order valence-electron chi connectivity index (χ2n) is 6.31. The lowest BCUT2D eigenvalue weighted by molar-refractivity contribution is 0.0690. The summed E-state index contributed by atoms with van der Waals surface area (Å²) in [6.45, 7) is 4.33. The van der Waals surface area contributed by atoms with Gasteiger partial charge in [0.25, 0.3) is 0 Å². The van der Waals surface area contributed by atoms with Crippen LogP contribution in [0.1, 0.15) is 27.4 Å². The van der Waals surface area contributed by atoms with Crippen LogP contribution in [0.5, 0.6) is 0 Å². The van der Waals surface area contributed by atoms with E-state index in [-0.39, 0.29) is 5.69 Å². The van der Waals surface area contributed by atoms with E-state index in [1.54, 1.807) is 6.07 Å². The summed E-state index contributed by atoms with van der Waals surface area (Å²) in [6, 6.07) is 13.9. The first-order valence-corrected chi connectivity index (χ1v) is 8.99. The second-order valence-corrected chi connectivity index (χ2v) is 7.10. The number of hydrogen-bond acceptors (Lipinski definition) is 3. The Bertz CT molecular complexity index is 1180. The molecule has 0 atom stereocenters. The van der Waals surface area contributed by atoms with Crippen LogP contribution in [0, 0.1) is 13.8 Å². The first kappa shape index (κ1) is 16.7. The number of pyridine rings is 1. The summed E-state index contributed by atoms with van der Waals surface area (Å²) >= 11 is 3.72. The van der Waals surface area contributed by atoms with Crippen molar-refractivity contribution in [1.29, 1.82) is 0 Å². The normalized spacial score (nSPS) is 11.3. The number of rotatable bonds is 3. The van der Waals surface area contributed by atoms with Crippen molar-refractivity contribution in [3.05, 3.63) is 69.6 Å². The van der Waals surface area contributed by atoms with Crippen molar-refractivity contribution in [3.63, 3.8) is 0 Å². The van der Waals surface area contributed by atoms with E-state index in [2.05, 4.69) is 50.2 Å². The van der Waals surface area contributed by atoms with E-state index in [1.165, 1.54) is 0 Å². The summed E-state index contributed by atoms with van der Waals surface area (Å²) in [6.07, 6.45) is 0. The van der Waals surface area contributed by atoms with Crippen molar-refractivity contribution in [2.75, 3.05) is 0 Å². The molecule has 0 radical (unpaired) electrons. The minimum absolute atomic E-state index is 0.0359. The van der Waals surface area contributed by atoms with Gasteiger partial charge in [-0.25, -0.2) is 14.8 Å². The molecule has 0 aliphatic rings. The van der Waals surface area contributed by atoms with Gasteiger partial charge in [0.1, 0.15) is 11.3 Å². The van der Waals surface area contributed by atoms with Gasteiger partial charge in [-0.2, -0.15) is 0 Å². The highest BCUT2D eigenvalue weighted by atomic mass is 79.9. The number of carboxylic acids is 1. The molecule has 0 spiro atoms. The van der Waals surface area contributed by atoms with Crippen LogP contribution in [0.2, 0.25) is 0 Å². The summed E-state index contributed by atoms with van der Waals surface area (Å²) in [4.78, 5) is 20.3. The smallest absolute Gasteiger partial charge is 0.354 e. The summed E-state index contributed by atoms with van der Waals surface area (Å²) in [7, 11) is 0. The van der Waals surface area contributed by atoms with Crippen LogP contribution in [-0.2, 0) is 6.54 Å². The van der Waals surface area contributed by atoms with Crippen LogP contribution < -0.4 is 0 Å². The summed E-state index contributed by atoms with van der Waals surface area (Å²) in [5.74, 6) is -0.231. The Balaban J connectivity index is 1.89. The van der Waals surface area contributed by atoms with E-state index in [0.29, 0.717) is 12.2 Å². The van der Waals surface area contributed by atoms with E-state index < -0.39 is 5.97 Å². The van der Waals surface area contributed by atoms with E-state index in [0.717, 1.165) is 37.7 Å². The molecule has 26 heavy (non-hydrogen) atoms. The molecule has 130 valence electrons. The van der Waals surface area contributed by atoms with Crippen molar-refractivity contribution in [1.82, 2.24) is 14.5 Å². The number of aryl methyl sites for hydroxylation is 2. The van der Waals surface area contributed by atoms with E-state index in [4.69, 9.17) is 0 Å². The number of fused-ring (bicyclic) bond motifs is 2. The fraction of sp³-hybridized carbons (Fsp3) is 0.150. The molecule has 1 N–H and O–H groups in total. The largest absolute Gasteiger partial charge is 0.477 e. The molecule has 5 nitrogen and oxygen atoms in total. The number of aromatic carboxylic acids is 1. The summed E-state index contributed by atoms with van der Waals surface area (Å²) < 4.78 is 2.99.